The van der Waals surface area contributed by atoms with E-state index in [2.05, 4.69) is 20.4 Å². The van der Waals surface area contributed by atoms with Gasteiger partial charge in [0.1, 0.15) is 0 Å². The molecule has 3 fully saturated rings. The predicted molar refractivity (Wildman–Crippen MR) is 86.9 cm³/mol. The van der Waals surface area contributed by atoms with E-state index in [9.17, 15) is 8.42 Å². The van der Waals surface area contributed by atoms with Crippen LogP contribution >= 0.6 is 0 Å². The first-order chi connectivity index (χ1) is 10.2. The number of hydrogen-bond acceptors (Lipinski definition) is 3. The number of aryl methyl sites for hydroxylation is 1. The van der Waals surface area contributed by atoms with Crippen LogP contribution in [0.25, 0.3) is 0 Å². The molecule has 3 atom stereocenters. The number of hydrogen-bond donors (Lipinski definition) is 0. The monoisotopic (exact) mass is 320 g/mol. The highest BCUT2D eigenvalue weighted by Gasteiger charge is 2.54. The third-order valence-electron chi connectivity index (χ3n) is 5.75. The van der Waals surface area contributed by atoms with Gasteiger partial charge in [-0.2, -0.15) is 8.42 Å². The van der Waals surface area contributed by atoms with Crippen molar-refractivity contribution in [1.29, 1.82) is 0 Å². The van der Waals surface area contributed by atoms with Gasteiger partial charge in [0.15, 0.2) is 0 Å². The molecular formula is C18H24O3S. The molecule has 2 bridgehead atoms. The fourth-order valence-electron chi connectivity index (χ4n) is 3.94. The van der Waals surface area contributed by atoms with E-state index in [-0.39, 0.29) is 17.4 Å². The molecule has 3 nitrogen and oxygen atoms in total. The Morgan fingerprint density at radius 2 is 1.86 bits per heavy atom. The Bertz CT molecular complexity index is 686. The lowest BCUT2D eigenvalue weighted by Gasteiger charge is -2.60. The van der Waals surface area contributed by atoms with E-state index >= 15 is 0 Å². The highest BCUT2D eigenvalue weighted by Crippen LogP contribution is 2.62. The standard InChI is InChI=1S/C18H24O3S/c1-12-5-7-16(8-6-12)22(19,20)21-11-14-9-15-10-17(13(14)2)18(15,3)4/h5-8,14-15,17H,2,9-11H2,1,3-4H3/t14-,15+,17+/m1/s1. The highest BCUT2D eigenvalue weighted by atomic mass is 32.2. The van der Waals surface area contributed by atoms with Gasteiger partial charge in [0.05, 0.1) is 11.5 Å². The minimum atomic E-state index is -3.67. The lowest BCUT2D eigenvalue weighted by molar-refractivity contribution is -0.0526. The molecule has 4 rings (SSSR count). The van der Waals surface area contributed by atoms with Crippen molar-refractivity contribution in [3.8, 4) is 0 Å². The first-order valence-electron chi connectivity index (χ1n) is 7.86. The summed E-state index contributed by atoms with van der Waals surface area (Å²) in [6, 6.07) is 6.77. The van der Waals surface area contributed by atoms with E-state index in [0.717, 1.165) is 12.0 Å². The van der Waals surface area contributed by atoms with Gasteiger partial charge < -0.3 is 0 Å². The van der Waals surface area contributed by atoms with Crippen LogP contribution in [0.3, 0.4) is 0 Å². The second-order valence-electron chi connectivity index (χ2n) is 7.37. The molecule has 3 saturated carbocycles. The summed E-state index contributed by atoms with van der Waals surface area (Å²) in [4.78, 5) is 0.227. The van der Waals surface area contributed by atoms with Crippen molar-refractivity contribution in [2.24, 2.45) is 23.2 Å². The SMILES string of the molecule is C=C1[C@@H](COS(=O)(=O)c2ccc(C)cc2)C[C@H]2C[C@@H]1C2(C)C. The molecule has 0 unspecified atom stereocenters. The maximum Gasteiger partial charge on any atom is 0.296 e. The molecule has 0 saturated heterocycles. The predicted octanol–water partition coefficient (Wildman–Crippen LogP) is 3.94. The summed E-state index contributed by atoms with van der Waals surface area (Å²) in [5.41, 5.74) is 2.53. The largest absolute Gasteiger partial charge is 0.296 e. The Morgan fingerprint density at radius 1 is 1.23 bits per heavy atom. The second-order valence-corrected chi connectivity index (χ2v) is 8.98. The minimum absolute atomic E-state index is 0.164. The summed E-state index contributed by atoms with van der Waals surface area (Å²) in [5.74, 6) is 1.35. The van der Waals surface area contributed by atoms with Gasteiger partial charge in [-0.25, -0.2) is 0 Å². The Hall–Kier alpha value is -1.13. The number of benzene rings is 1. The zero-order valence-corrected chi connectivity index (χ0v) is 14.3. The van der Waals surface area contributed by atoms with Crippen LogP contribution < -0.4 is 0 Å². The van der Waals surface area contributed by atoms with Crippen LogP contribution in [0, 0.1) is 30.1 Å². The smallest absolute Gasteiger partial charge is 0.266 e. The highest BCUT2D eigenvalue weighted by molar-refractivity contribution is 7.86. The van der Waals surface area contributed by atoms with E-state index in [1.807, 2.05) is 6.92 Å². The van der Waals surface area contributed by atoms with Crippen molar-refractivity contribution in [2.75, 3.05) is 6.61 Å². The van der Waals surface area contributed by atoms with Crippen LogP contribution in [0.4, 0.5) is 0 Å². The molecule has 3 aliphatic carbocycles. The lowest BCUT2D eigenvalue weighted by Crippen LogP contribution is -2.52. The van der Waals surface area contributed by atoms with Gasteiger partial charge >= 0.3 is 0 Å². The van der Waals surface area contributed by atoms with E-state index in [1.54, 1.807) is 24.3 Å². The summed E-state index contributed by atoms with van der Waals surface area (Å²) >= 11 is 0. The number of rotatable bonds is 4. The molecule has 1 aromatic carbocycles. The summed E-state index contributed by atoms with van der Waals surface area (Å²) in [7, 11) is -3.67. The molecule has 1 aromatic rings. The Morgan fingerprint density at radius 3 is 2.41 bits per heavy atom. The van der Waals surface area contributed by atoms with E-state index in [0.29, 0.717) is 17.3 Å². The lowest BCUT2D eigenvalue weighted by atomic mass is 9.45. The molecule has 0 N–H and O–H groups in total. The molecule has 0 spiro atoms. The summed E-state index contributed by atoms with van der Waals surface area (Å²) in [6.45, 7) is 10.9. The summed E-state index contributed by atoms with van der Waals surface area (Å²) in [6.07, 6.45) is 2.19. The van der Waals surface area contributed by atoms with Crippen LogP contribution in [0.2, 0.25) is 0 Å². The van der Waals surface area contributed by atoms with E-state index in [1.165, 1.54) is 12.0 Å². The minimum Gasteiger partial charge on any atom is -0.266 e. The molecule has 22 heavy (non-hydrogen) atoms. The molecule has 4 heteroatoms. The Kier molecular flexibility index (Phi) is 3.73. The normalized spacial score (nSPS) is 30.0. The molecule has 0 radical (unpaired) electrons. The van der Waals surface area contributed by atoms with Gasteiger partial charge in [0.2, 0.25) is 0 Å². The zero-order chi connectivity index (χ0) is 16.1. The molecular weight excluding hydrogens is 296 g/mol. The quantitative estimate of drug-likeness (QED) is 0.623. The van der Waals surface area contributed by atoms with Gasteiger partial charge in [0, 0.05) is 5.92 Å². The van der Waals surface area contributed by atoms with Gasteiger partial charge in [-0.15, -0.1) is 0 Å². The van der Waals surface area contributed by atoms with E-state index < -0.39 is 10.1 Å². The van der Waals surface area contributed by atoms with Gasteiger partial charge in [0.25, 0.3) is 10.1 Å². The average molecular weight is 320 g/mol. The number of fused-ring (bicyclic) bond motifs is 2. The average Bonchev–Trinajstić information content (AvgIpc) is 2.46. The van der Waals surface area contributed by atoms with Crippen LogP contribution in [0.1, 0.15) is 32.3 Å². The maximum atomic E-state index is 12.3. The molecule has 0 aromatic heterocycles. The van der Waals surface area contributed by atoms with Gasteiger partial charge in [-0.3, -0.25) is 4.18 Å². The Labute approximate surface area is 133 Å². The third kappa shape index (κ3) is 2.52. The maximum absolute atomic E-state index is 12.3. The zero-order valence-electron chi connectivity index (χ0n) is 13.5. The molecule has 3 aliphatic rings. The van der Waals surface area contributed by atoms with Crippen molar-refractivity contribution >= 4 is 10.1 Å². The van der Waals surface area contributed by atoms with Crippen LogP contribution in [-0.4, -0.2) is 15.0 Å². The van der Waals surface area contributed by atoms with Crippen molar-refractivity contribution in [1.82, 2.24) is 0 Å². The molecule has 0 aliphatic heterocycles. The van der Waals surface area contributed by atoms with Crippen LogP contribution in [0.15, 0.2) is 41.3 Å². The van der Waals surface area contributed by atoms with Crippen molar-refractivity contribution < 1.29 is 12.6 Å². The fraction of sp³-hybridized carbons (Fsp3) is 0.556. The van der Waals surface area contributed by atoms with Crippen molar-refractivity contribution in [3.63, 3.8) is 0 Å². The first kappa shape index (κ1) is 15.8. The van der Waals surface area contributed by atoms with Gasteiger partial charge in [-0.1, -0.05) is 43.7 Å². The molecule has 120 valence electrons. The molecule has 0 amide bonds. The van der Waals surface area contributed by atoms with Gasteiger partial charge in [-0.05, 0) is 49.1 Å². The van der Waals surface area contributed by atoms with Crippen LogP contribution in [-0.2, 0) is 14.3 Å². The topological polar surface area (TPSA) is 43.4 Å². The van der Waals surface area contributed by atoms with Crippen molar-refractivity contribution in [3.05, 3.63) is 42.0 Å². The second kappa shape index (κ2) is 5.20. The van der Waals surface area contributed by atoms with Crippen LogP contribution in [0.5, 0.6) is 0 Å². The molecule has 0 heterocycles. The Balaban J connectivity index is 1.66. The third-order valence-corrected chi connectivity index (χ3v) is 7.04. The van der Waals surface area contributed by atoms with E-state index in [4.69, 9.17) is 4.18 Å². The summed E-state index contributed by atoms with van der Waals surface area (Å²) in [5, 5.41) is 0. The fourth-order valence-corrected chi connectivity index (χ4v) is 4.89. The first-order valence-corrected chi connectivity index (χ1v) is 9.27. The van der Waals surface area contributed by atoms with Crippen molar-refractivity contribution in [2.45, 2.75) is 38.5 Å². The summed E-state index contributed by atoms with van der Waals surface area (Å²) < 4.78 is 29.8.